The minimum absolute atomic E-state index is 0.149. The van der Waals surface area contributed by atoms with Crippen LogP contribution in [0.3, 0.4) is 0 Å². The number of aliphatic carboxylic acids is 5. The Hall–Kier alpha value is -8.82. The lowest BCUT2D eigenvalue weighted by atomic mass is 9.99. The van der Waals surface area contributed by atoms with Gasteiger partial charge in [0, 0.05) is 19.3 Å². The highest BCUT2D eigenvalue weighted by Gasteiger charge is 2.38. The lowest BCUT2D eigenvalue weighted by Gasteiger charge is -2.29. The van der Waals surface area contributed by atoms with Crippen LogP contribution in [0.4, 0.5) is 0 Å². The lowest BCUT2D eigenvalue weighted by molar-refractivity contribution is -0.147. The highest BCUT2D eigenvalue weighted by atomic mass is 31.2. The summed E-state index contributed by atoms with van der Waals surface area (Å²) < 4.78 is 16.1. The summed E-state index contributed by atoms with van der Waals surface area (Å²) in [5.74, 6) is -21.8. The van der Waals surface area contributed by atoms with Crippen LogP contribution in [0.15, 0.2) is 24.3 Å². The zero-order valence-corrected chi connectivity index (χ0v) is 51.7. The van der Waals surface area contributed by atoms with Crippen LogP contribution < -0.4 is 63.8 Å². The van der Waals surface area contributed by atoms with Gasteiger partial charge in [0.05, 0.1) is 25.3 Å². The summed E-state index contributed by atoms with van der Waals surface area (Å²) in [5, 5.41) is 68.5. The maximum absolute atomic E-state index is 14.5. The zero-order valence-electron chi connectivity index (χ0n) is 50.8. The van der Waals surface area contributed by atoms with Crippen LogP contribution in [-0.2, 0) is 82.9 Å². The molecule has 0 aliphatic carbocycles. The number of benzene rings is 1. The summed E-state index contributed by atoms with van der Waals surface area (Å²) in [7, 11) is -5.07. The molecule has 0 radical (unpaired) electrons. The molecule has 0 aliphatic rings. The third kappa shape index (κ3) is 31.4. The second-order valence-electron chi connectivity index (χ2n) is 22.7. The monoisotopic (exact) mass is 1300 g/mol. The lowest BCUT2D eigenvalue weighted by Crippen LogP contribution is -2.61. The van der Waals surface area contributed by atoms with Crippen LogP contribution in [0, 0.1) is 23.7 Å². The van der Waals surface area contributed by atoms with Crippen LogP contribution in [0.25, 0.3) is 0 Å². The van der Waals surface area contributed by atoms with E-state index in [9.17, 15) is 107 Å². The first-order valence-corrected chi connectivity index (χ1v) is 29.8. The van der Waals surface area contributed by atoms with Gasteiger partial charge in [-0.3, -0.25) is 76.9 Å². The average Bonchev–Trinajstić information content (AvgIpc) is 1.80. The van der Waals surface area contributed by atoms with Crippen molar-refractivity contribution in [2.45, 2.75) is 186 Å². The van der Waals surface area contributed by atoms with Gasteiger partial charge in [-0.15, -0.1) is 0 Å². The summed E-state index contributed by atoms with van der Waals surface area (Å²) in [4.78, 5) is 214. The molecule has 10 atom stereocenters. The fraction of sp³-hybridized carbons (Fsp3) is 0.611. The van der Waals surface area contributed by atoms with Crippen LogP contribution in [0.1, 0.15) is 125 Å². The number of phosphoric acid groups is 1. The molecule has 90 heavy (non-hydrogen) atoms. The largest absolute Gasteiger partial charge is 0.524 e. The van der Waals surface area contributed by atoms with Gasteiger partial charge in [-0.25, -0.2) is 9.36 Å². The van der Waals surface area contributed by atoms with E-state index in [-0.39, 0.29) is 43.4 Å². The van der Waals surface area contributed by atoms with Gasteiger partial charge >= 0.3 is 37.7 Å². The van der Waals surface area contributed by atoms with Crippen molar-refractivity contribution in [3.63, 3.8) is 0 Å². The standard InChI is InChI=1S/C54H84N11O24P/c1-24(2)17-32(47(77)62-36(21-41(69)70)51(81)59-33(18-25(3)4)48(78)63-37(22-42(71)72)52(82)60-34(19-26(5)6)49(79)64-38(54(84)85)23-43(73)74)58-50(80)35(20-28-9-11-29(12-10-28)89-90(86,87)88)61-46(76)31(14-16-40(67)68)57-53(83)44(27(7)8)65-45(75)30(55)13-15-39(56)66/h9-12,24-27,30-38,44H,13-23,55H2,1-8H3,(H2,56,66)(H,57,83)(H,58,80)(H,59,81)(H,60,82)(H,61,76)(H,62,77)(H,63,78)(H,64,79)(H,65,75)(H,67,68)(H,69,70)(H,71,72)(H,73,74)(H,84,85)(H2,86,87,88)/t30-,31-,32-,33-,34-,35-,36-,37-,38-,44-/m0/s1. The Bertz CT molecular complexity index is 2790. The predicted octanol–water partition coefficient (Wildman–Crippen LogP) is -3.18. The fourth-order valence-electron chi connectivity index (χ4n) is 8.45. The number of nitrogens with one attached hydrogen (secondary N) is 9. The molecule has 20 N–H and O–H groups in total. The maximum Gasteiger partial charge on any atom is 0.524 e. The van der Waals surface area contributed by atoms with E-state index in [1.807, 2.05) is 5.32 Å². The van der Waals surface area contributed by atoms with Gasteiger partial charge < -0.3 is 89.4 Å². The fourth-order valence-corrected chi connectivity index (χ4v) is 8.84. The number of carboxylic acid groups (broad SMARTS) is 5. The molecule has 504 valence electrons. The van der Waals surface area contributed by atoms with Crippen molar-refractivity contribution in [2.75, 3.05) is 0 Å². The number of hydrogen-bond acceptors (Lipinski definition) is 18. The summed E-state index contributed by atoms with van der Waals surface area (Å²) >= 11 is 0. The Morgan fingerprint density at radius 3 is 1.13 bits per heavy atom. The number of carbonyl (C=O) groups excluding carboxylic acids is 10. The molecule has 0 saturated heterocycles. The summed E-state index contributed by atoms with van der Waals surface area (Å²) in [5.41, 5.74) is 11.2. The second kappa shape index (κ2) is 37.9. The number of hydrogen-bond donors (Lipinski definition) is 18. The van der Waals surface area contributed by atoms with E-state index < -0.39 is 219 Å². The van der Waals surface area contributed by atoms with Gasteiger partial charge in [0.2, 0.25) is 59.1 Å². The van der Waals surface area contributed by atoms with Crippen molar-refractivity contribution in [2.24, 2.45) is 35.1 Å². The van der Waals surface area contributed by atoms with Gasteiger partial charge in [0.1, 0.15) is 60.1 Å². The summed E-state index contributed by atoms with van der Waals surface area (Å²) in [6.45, 7) is 12.5. The summed E-state index contributed by atoms with van der Waals surface area (Å²) in [6.07, 6.45) is -6.50. The van der Waals surface area contributed by atoms with E-state index in [1.54, 1.807) is 41.5 Å². The van der Waals surface area contributed by atoms with Crippen molar-refractivity contribution in [3.05, 3.63) is 29.8 Å². The van der Waals surface area contributed by atoms with Crippen LogP contribution in [0.2, 0.25) is 0 Å². The molecule has 0 aliphatic heterocycles. The van der Waals surface area contributed by atoms with E-state index in [1.165, 1.54) is 26.0 Å². The van der Waals surface area contributed by atoms with Crippen LogP contribution >= 0.6 is 7.82 Å². The van der Waals surface area contributed by atoms with E-state index in [4.69, 9.17) is 16.6 Å². The Labute approximate surface area is 516 Å². The minimum Gasteiger partial charge on any atom is -0.481 e. The molecule has 1 aromatic carbocycles. The van der Waals surface area contributed by atoms with Gasteiger partial charge in [-0.2, -0.15) is 0 Å². The zero-order chi connectivity index (χ0) is 69.1. The van der Waals surface area contributed by atoms with Gasteiger partial charge in [0.15, 0.2) is 0 Å². The molecule has 0 bridgehead atoms. The normalized spacial score (nSPS) is 14.7. The van der Waals surface area contributed by atoms with Crippen molar-refractivity contribution >= 4 is 96.7 Å². The first kappa shape index (κ1) is 79.2. The molecule has 35 nitrogen and oxygen atoms in total. The van der Waals surface area contributed by atoms with Gasteiger partial charge in [-0.05, 0) is 73.5 Å². The van der Waals surface area contributed by atoms with Gasteiger partial charge in [-0.1, -0.05) is 67.5 Å². The van der Waals surface area contributed by atoms with Crippen molar-refractivity contribution < 1.29 is 116 Å². The molecule has 1 aromatic rings. The molecule has 0 heterocycles. The Kier molecular flexibility index (Phi) is 33.3. The van der Waals surface area contributed by atoms with Gasteiger partial charge in [0.25, 0.3) is 0 Å². The maximum atomic E-state index is 14.5. The van der Waals surface area contributed by atoms with Crippen molar-refractivity contribution in [1.82, 2.24) is 47.9 Å². The molecule has 1 rings (SSSR count). The Morgan fingerprint density at radius 1 is 0.433 bits per heavy atom. The number of rotatable bonds is 42. The first-order chi connectivity index (χ1) is 41.6. The third-order valence-electron chi connectivity index (χ3n) is 12.8. The number of carbonyl (C=O) groups is 15. The molecule has 0 unspecified atom stereocenters. The molecule has 0 spiro atoms. The molecule has 0 aromatic heterocycles. The number of phosphoric ester groups is 1. The molecule has 0 saturated carbocycles. The molecule has 36 heteroatoms. The van der Waals surface area contributed by atoms with Crippen LogP contribution in [0.5, 0.6) is 5.75 Å². The number of amides is 10. The topological polar surface area (TPSA) is 584 Å². The third-order valence-corrected chi connectivity index (χ3v) is 13.3. The number of nitrogens with two attached hydrogens (primary N) is 2. The molecule has 0 fully saturated rings. The number of carboxylic acids is 5. The first-order valence-electron chi connectivity index (χ1n) is 28.3. The highest BCUT2D eigenvalue weighted by Crippen LogP contribution is 2.37. The van der Waals surface area contributed by atoms with E-state index in [0.717, 1.165) is 12.1 Å². The smallest absolute Gasteiger partial charge is 0.481 e. The van der Waals surface area contributed by atoms with Crippen molar-refractivity contribution in [1.29, 1.82) is 0 Å². The van der Waals surface area contributed by atoms with Crippen LogP contribution in [-0.4, -0.2) is 185 Å². The van der Waals surface area contributed by atoms with E-state index in [2.05, 4.69) is 47.1 Å². The minimum atomic E-state index is -5.07. The number of primary amides is 1. The Balaban J connectivity index is 3.78. The van der Waals surface area contributed by atoms with E-state index >= 15 is 0 Å². The summed E-state index contributed by atoms with van der Waals surface area (Å²) in [6, 6.07) is -12.7. The SMILES string of the molecule is CC(C)C[C@H](NC(=O)[C@H](CC(=O)O)NC(=O)[C@H](CC(C)C)NC(=O)[C@H](CC(=O)O)NC(=O)[C@H](CC(C)C)NC(=O)[C@H](Cc1ccc(OP(=O)(O)O)cc1)NC(=O)[C@H](CCC(=O)O)NC(=O)[C@@H](NC(=O)[C@@H](N)CCC(N)=O)C(C)C)C(=O)N[C@@H](CC(=O)O)C(=O)O. The second-order valence-corrected chi connectivity index (χ2v) is 23.9. The molecular weight excluding hydrogens is 1220 g/mol. The highest BCUT2D eigenvalue weighted by molar-refractivity contribution is 7.46. The predicted molar refractivity (Wildman–Crippen MR) is 311 cm³/mol. The molecular formula is C54H84N11O24P. The average molecular weight is 1300 g/mol. The Morgan fingerprint density at radius 2 is 0.778 bits per heavy atom. The van der Waals surface area contributed by atoms with E-state index in [0.29, 0.717) is 0 Å². The quantitative estimate of drug-likeness (QED) is 0.0287. The van der Waals surface area contributed by atoms with Crippen molar-refractivity contribution in [3.8, 4) is 5.75 Å². The molecule has 10 amide bonds.